The first-order valence-corrected chi connectivity index (χ1v) is 14.5. The van der Waals surface area contributed by atoms with Crippen molar-refractivity contribution in [2.24, 2.45) is 18.6 Å². The zero-order valence-corrected chi connectivity index (χ0v) is 25.5. The van der Waals surface area contributed by atoms with Crippen LogP contribution in [0.2, 0.25) is 0 Å². The number of aryl methyl sites for hydroxylation is 2. The van der Waals surface area contributed by atoms with Crippen molar-refractivity contribution in [3.63, 3.8) is 0 Å². The molecule has 1 aliphatic heterocycles. The summed E-state index contributed by atoms with van der Waals surface area (Å²) >= 11 is 0. The summed E-state index contributed by atoms with van der Waals surface area (Å²) in [6.45, 7) is 8.78. The summed E-state index contributed by atoms with van der Waals surface area (Å²) in [4.78, 5) is 17.7. The van der Waals surface area contributed by atoms with Crippen molar-refractivity contribution in [1.82, 2.24) is 19.6 Å². The summed E-state index contributed by atoms with van der Waals surface area (Å²) in [6, 6.07) is 7.80. The number of carbonyl (C=O) groups excluding carboxylic acids is 1. The molecule has 1 saturated carbocycles. The number of piperazine rings is 1. The molecule has 3 aromatic rings. The SMILES string of the molecule is CN1CCN(C2CCC2)CC1.Cc1ccc(C(=O)Nc2ccc(F)c(C(F)(F)F)c2)cc1N(N)/C=C(\N)c1cnn(C)c1C. The van der Waals surface area contributed by atoms with E-state index in [1.165, 1.54) is 68.8 Å². The van der Waals surface area contributed by atoms with Crippen LogP contribution in [-0.4, -0.2) is 64.8 Å². The molecule has 0 atom stereocenters. The Morgan fingerprint density at radius 2 is 1.75 bits per heavy atom. The highest BCUT2D eigenvalue weighted by Crippen LogP contribution is 2.33. The maximum absolute atomic E-state index is 13.5. The lowest BCUT2D eigenvalue weighted by atomic mass is 9.91. The maximum atomic E-state index is 13.5. The number of nitrogens with two attached hydrogens (primary N) is 2. The van der Waals surface area contributed by atoms with E-state index in [-0.39, 0.29) is 11.3 Å². The monoisotopic (exact) mass is 616 g/mol. The lowest BCUT2D eigenvalue weighted by Crippen LogP contribution is -2.51. The third-order valence-corrected chi connectivity index (χ3v) is 8.23. The molecular formula is C31H40F4N8O. The van der Waals surface area contributed by atoms with Crippen molar-refractivity contribution in [2.45, 2.75) is 45.3 Å². The van der Waals surface area contributed by atoms with E-state index in [0.29, 0.717) is 29.1 Å². The molecule has 2 heterocycles. The molecule has 1 saturated heterocycles. The molecule has 5 N–H and O–H groups in total. The number of amides is 1. The topological polar surface area (TPSA) is 109 Å². The van der Waals surface area contributed by atoms with E-state index in [9.17, 15) is 22.4 Å². The van der Waals surface area contributed by atoms with Crippen LogP contribution in [0.4, 0.5) is 28.9 Å². The second kappa shape index (κ2) is 13.8. The van der Waals surface area contributed by atoms with Gasteiger partial charge in [0.25, 0.3) is 5.91 Å². The van der Waals surface area contributed by atoms with Crippen LogP contribution in [0.5, 0.6) is 0 Å². The summed E-state index contributed by atoms with van der Waals surface area (Å²) in [5.74, 6) is 4.03. The average molecular weight is 617 g/mol. The van der Waals surface area contributed by atoms with E-state index >= 15 is 0 Å². The second-order valence-electron chi connectivity index (χ2n) is 11.3. The fourth-order valence-electron chi connectivity index (χ4n) is 5.06. The van der Waals surface area contributed by atoms with Crippen LogP contribution in [0.1, 0.15) is 52.0 Å². The van der Waals surface area contributed by atoms with Gasteiger partial charge in [-0.05, 0) is 69.6 Å². The highest BCUT2D eigenvalue weighted by atomic mass is 19.4. The van der Waals surface area contributed by atoms with Gasteiger partial charge in [0.2, 0.25) is 0 Å². The molecule has 13 heteroatoms. The van der Waals surface area contributed by atoms with Crippen molar-refractivity contribution in [3.05, 3.63) is 82.6 Å². The first-order chi connectivity index (χ1) is 20.7. The summed E-state index contributed by atoms with van der Waals surface area (Å²) in [6.07, 6.45) is 2.58. The van der Waals surface area contributed by atoms with Gasteiger partial charge in [0, 0.05) is 68.0 Å². The van der Waals surface area contributed by atoms with Crippen LogP contribution in [0.15, 0.2) is 48.8 Å². The number of hydrogen-bond acceptors (Lipinski definition) is 7. The minimum absolute atomic E-state index is 0.133. The molecule has 0 spiro atoms. The van der Waals surface area contributed by atoms with Gasteiger partial charge in [-0.3, -0.25) is 19.4 Å². The summed E-state index contributed by atoms with van der Waals surface area (Å²) < 4.78 is 54.0. The predicted molar refractivity (Wildman–Crippen MR) is 164 cm³/mol. The quantitative estimate of drug-likeness (QED) is 0.206. The van der Waals surface area contributed by atoms with Crippen molar-refractivity contribution in [1.29, 1.82) is 0 Å². The first-order valence-electron chi connectivity index (χ1n) is 14.5. The molecule has 0 bridgehead atoms. The predicted octanol–water partition coefficient (Wildman–Crippen LogP) is 4.87. The number of likely N-dealkylation sites (N-methyl/N-ethyl adjacent to an activating group) is 1. The van der Waals surface area contributed by atoms with Gasteiger partial charge >= 0.3 is 6.18 Å². The van der Waals surface area contributed by atoms with Gasteiger partial charge in [0.15, 0.2) is 0 Å². The summed E-state index contributed by atoms with van der Waals surface area (Å²) in [5, 5.41) is 7.72. The van der Waals surface area contributed by atoms with Gasteiger partial charge in [-0.15, -0.1) is 0 Å². The fourth-order valence-corrected chi connectivity index (χ4v) is 5.06. The van der Waals surface area contributed by atoms with Gasteiger partial charge in [0.05, 0.1) is 23.1 Å². The molecule has 5 rings (SSSR count). The number of halogens is 4. The van der Waals surface area contributed by atoms with E-state index in [4.69, 9.17) is 11.6 Å². The molecule has 0 radical (unpaired) electrons. The molecule has 0 unspecified atom stereocenters. The highest BCUT2D eigenvalue weighted by molar-refractivity contribution is 6.05. The lowest BCUT2D eigenvalue weighted by molar-refractivity contribution is -0.139. The number of anilines is 2. The van der Waals surface area contributed by atoms with Gasteiger partial charge in [-0.1, -0.05) is 12.5 Å². The Morgan fingerprint density at radius 3 is 2.32 bits per heavy atom. The minimum Gasteiger partial charge on any atom is -0.397 e. The molecular weight excluding hydrogens is 576 g/mol. The van der Waals surface area contributed by atoms with Crippen LogP contribution >= 0.6 is 0 Å². The Labute approximate surface area is 255 Å². The highest BCUT2D eigenvalue weighted by Gasteiger charge is 2.34. The molecule has 2 aliphatic rings. The van der Waals surface area contributed by atoms with Crippen LogP contribution in [0.25, 0.3) is 5.70 Å². The third-order valence-electron chi connectivity index (χ3n) is 8.23. The third kappa shape index (κ3) is 7.96. The number of rotatable bonds is 6. The fraction of sp³-hybridized carbons (Fsp3) is 0.419. The van der Waals surface area contributed by atoms with Crippen LogP contribution < -0.4 is 21.9 Å². The molecule has 1 aliphatic carbocycles. The van der Waals surface area contributed by atoms with Crippen LogP contribution in [-0.2, 0) is 13.2 Å². The number of nitrogens with zero attached hydrogens (tertiary/aromatic N) is 5. The molecule has 2 fully saturated rings. The minimum atomic E-state index is -4.89. The standard InChI is InChI=1S/C22H22F4N6O.C9H18N2/c1-12-4-5-14(21(33)30-15-6-7-18(23)17(9-15)22(24,25)26)8-20(12)32(28)11-19(27)16-10-29-31(3)13(16)2;1-10-5-7-11(8-6-10)9-3-2-4-9/h4-11H,27-28H2,1-3H3,(H,30,33);9H,2-8H2,1H3/b19-11-;. The van der Waals surface area contributed by atoms with Gasteiger partial charge in [0.1, 0.15) is 5.82 Å². The van der Waals surface area contributed by atoms with E-state index < -0.39 is 23.5 Å². The van der Waals surface area contributed by atoms with Crippen LogP contribution in [0, 0.1) is 19.7 Å². The van der Waals surface area contributed by atoms with E-state index in [2.05, 4.69) is 27.3 Å². The Hall–Kier alpha value is -3.94. The van der Waals surface area contributed by atoms with Crippen molar-refractivity contribution in [3.8, 4) is 0 Å². The number of hydrogen-bond donors (Lipinski definition) is 3. The molecule has 2 aromatic carbocycles. The largest absolute Gasteiger partial charge is 0.419 e. The number of benzene rings is 2. The molecule has 1 aromatic heterocycles. The normalized spacial score (nSPS) is 16.6. The lowest BCUT2D eigenvalue weighted by Gasteiger charge is -2.42. The summed E-state index contributed by atoms with van der Waals surface area (Å²) in [5.41, 5.74) is 7.66. The Morgan fingerprint density at radius 1 is 1.07 bits per heavy atom. The Kier molecular flexibility index (Phi) is 10.3. The molecule has 44 heavy (non-hydrogen) atoms. The van der Waals surface area contributed by atoms with E-state index in [1.807, 2.05) is 6.92 Å². The average Bonchev–Trinajstić information content (AvgIpc) is 3.27. The van der Waals surface area contributed by atoms with Gasteiger partial charge in [-0.2, -0.15) is 18.3 Å². The van der Waals surface area contributed by atoms with E-state index in [0.717, 1.165) is 23.4 Å². The maximum Gasteiger partial charge on any atom is 0.419 e. The van der Waals surface area contributed by atoms with Crippen LogP contribution in [0.3, 0.4) is 0 Å². The number of nitrogens with one attached hydrogen (secondary N) is 1. The van der Waals surface area contributed by atoms with Crippen molar-refractivity contribution in [2.75, 3.05) is 43.6 Å². The first kappa shape index (κ1) is 33.0. The summed E-state index contributed by atoms with van der Waals surface area (Å²) in [7, 11) is 4.00. The molecule has 9 nitrogen and oxygen atoms in total. The molecule has 238 valence electrons. The Balaban J connectivity index is 0.000000333. The van der Waals surface area contributed by atoms with Crippen molar-refractivity contribution < 1.29 is 22.4 Å². The smallest absolute Gasteiger partial charge is 0.397 e. The van der Waals surface area contributed by atoms with E-state index in [1.54, 1.807) is 30.9 Å². The number of carbonyl (C=O) groups is 1. The van der Waals surface area contributed by atoms with Crippen molar-refractivity contribution >= 4 is 23.0 Å². The number of aromatic nitrogens is 2. The second-order valence-corrected chi connectivity index (χ2v) is 11.3. The van der Waals surface area contributed by atoms with Gasteiger partial charge in [-0.25, -0.2) is 10.2 Å². The molecule has 1 amide bonds. The number of hydrazine groups is 1. The van der Waals surface area contributed by atoms with Gasteiger partial charge < -0.3 is 16.0 Å². The Bertz CT molecular complexity index is 1490. The zero-order chi connectivity index (χ0) is 32.2. The number of alkyl halides is 3. The zero-order valence-electron chi connectivity index (χ0n) is 25.5.